The average Bonchev–Trinajstić information content (AvgIpc) is 2.77. The molecule has 0 aliphatic heterocycles. The molecule has 0 saturated heterocycles. The number of nitrogens with zero attached hydrogens (tertiary/aromatic N) is 1. The Labute approximate surface area is 90.0 Å². The molecule has 1 saturated carbocycles. The summed E-state index contributed by atoms with van der Waals surface area (Å²) in [6.07, 6.45) is 1.69. The molecule has 1 aromatic carbocycles. The maximum Gasteiger partial charge on any atom is 0.215 e. The first-order valence-electron chi connectivity index (χ1n) is 4.63. The zero-order valence-corrected chi connectivity index (χ0v) is 8.51. The van der Waals surface area contributed by atoms with E-state index in [-0.39, 0.29) is 5.02 Å². The summed E-state index contributed by atoms with van der Waals surface area (Å²) in [5.41, 5.74) is 6.30. The van der Waals surface area contributed by atoms with Crippen LogP contribution in [0.1, 0.15) is 18.7 Å². The summed E-state index contributed by atoms with van der Waals surface area (Å²) in [5, 5.41) is 0.230. The zero-order valence-electron chi connectivity index (χ0n) is 7.76. The molecule has 0 unspecified atom stereocenters. The molecular weight excluding hydrogens is 219 g/mol. The number of oxazole rings is 1. The van der Waals surface area contributed by atoms with Gasteiger partial charge in [0.2, 0.25) is 5.89 Å². The quantitative estimate of drug-likeness (QED) is 0.813. The van der Waals surface area contributed by atoms with Crippen molar-refractivity contribution in [2.24, 2.45) is 5.73 Å². The van der Waals surface area contributed by atoms with Gasteiger partial charge in [-0.2, -0.15) is 0 Å². The van der Waals surface area contributed by atoms with Gasteiger partial charge in [0.25, 0.3) is 0 Å². The molecule has 3 nitrogen and oxygen atoms in total. The third-order valence-electron chi connectivity index (χ3n) is 2.62. The molecule has 2 N–H and O–H groups in total. The largest absolute Gasteiger partial charge is 0.437 e. The Bertz CT molecular complexity index is 548. The molecule has 1 aliphatic carbocycles. The van der Waals surface area contributed by atoms with Gasteiger partial charge in [-0.15, -0.1) is 0 Å². The Morgan fingerprint density at radius 1 is 1.47 bits per heavy atom. The lowest BCUT2D eigenvalue weighted by Gasteiger charge is -1.99. The maximum atomic E-state index is 13.0. The highest BCUT2D eigenvalue weighted by Crippen LogP contribution is 2.43. The Hall–Kier alpha value is -1.13. The van der Waals surface area contributed by atoms with Gasteiger partial charge in [-0.1, -0.05) is 11.6 Å². The number of nitrogens with two attached hydrogens (primary N) is 1. The summed E-state index contributed by atoms with van der Waals surface area (Å²) in [5.74, 6) is 0.0271. The molecule has 0 spiro atoms. The van der Waals surface area contributed by atoms with E-state index >= 15 is 0 Å². The third kappa shape index (κ3) is 1.33. The SMILES string of the molecule is NC1(c2nc3cc(F)cc(Cl)c3o2)CC1. The first-order valence-corrected chi connectivity index (χ1v) is 5.01. The van der Waals surface area contributed by atoms with Gasteiger partial charge in [0, 0.05) is 6.07 Å². The van der Waals surface area contributed by atoms with Crippen molar-refractivity contribution in [3.8, 4) is 0 Å². The van der Waals surface area contributed by atoms with E-state index in [1.54, 1.807) is 0 Å². The van der Waals surface area contributed by atoms with E-state index < -0.39 is 11.4 Å². The number of aromatic nitrogens is 1. The molecule has 78 valence electrons. The topological polar surface area (TPSA) is 52.0 Å². The third-order valence-corrected chi connectivity index (χ3v) is 2.90. The molecule has 0 bridgehead atoms. The minimum absolute atomic E-state index is 0.230. The van der Waals surface area contributed by atoms with E-state index in [2.05, 4.69) is 4.98 Å². The number of hydrogen-bond acceptors (Lipinski definition) is 3. The zero-order chi connectivity index (χ0) is 10.6. The van der Waals surface area contributed by atoms with Crippen LogP contribution in [-0.2, 0) is 5.54 Å². The number of hydrogen-bond donors (Lipinski definition) is 1. The van der Waals surface area contributed by atoms with Gasteiger partial charge in [-0.05, 0) is 18.9 Å². The number of fused-ring (bicyclic) bond motifs is 1. The molecule has 2 aromatic rings. The van der Waals surface area contributed by atoms with Crippen LogP contribution < -0.4 is 5.73 Å². The van der Waals surface area contributed by atoms with E-state index in [4.69, 9.17) is 21.8 Å². The Kier molecular flexibility index (Phi) is 1.65. The average molecular weight is 227 g/mol. The minimum atomic E-state index is -0.459. The molecule has 3 rings (SSSR count). The van der Waals surface area contributed by atoms with Gasteiger partial charge in [0.05, 0.1) is 10.6 Å². The molecule has 1 fully saturated rings. The van der Waals surface area contributed by atoms with Crippen molar-refractivity contribution in [3.63, 3.8) is 0 Å². The molecule has 15 heavy (non-hydrogen) atoms. The van der Waals surface area contributed by atoms with Crippen molar-refractivity contribution in [3.05, 3.63) is 28.9 Å². The van der Waals surface area contributed by atoms with Gasteiger partial charge >= 0.3 is 0 Å². The number of halogens is 2. The second-order valence-corrected chi connectivity index (χ2v) is 4.32. The molecule has 0 radical (unpaired) electrons. The van der Waals surface area contributed by atoms with Gasteiger partial charge in [0.15, 0.2) is 5.58 Å². The predicted octanol–water partition coefficient (Wildman–Crippen LogP) is 2.57. The van der Waals surface area contributed by atoms with Gasteiger partial charge in [-0.3, -0.25) is 0 Å². The second-order valence-electron chi connectivity index (χ2n) is 3.91. The van der Waals surface area contributed by atoms with Crippen LogP contribution in [0.25, 0.3) is 11.1 Å². The van der Waals surface area contributed by atoms with E-state index in [0.29, 0.717) is 17.0 Å². The van der Waals surface area contributed by atoms with Crippen molar-refractivity contribution in [2.75, 3.05) is 0 Å². The fraction of sp³-hybridized carbons (Fsp3) is 0.300. The van der Waals surface area contributed by atoms with Gasteiger partial charge in [0.1, 0.15) is 11.3 Å². The number of benzene rings is 1. The summed E-state index contributed by atoms with van der Waals surface area (Å²) in [6, 6.07) is 2.49. The van der Waals surface area contributed by atoms with Crippen LogP contribution in [0, 0.1) is 5.82 Å². The van der Waals surface area contributed by atoms with Crippen LogP contribution in [0.5, 0.6) is 0 Å². The van der Waals surface area contributed by atoms with E-state index in [1.165, 1.54) is 12.1 Å². The van der Waals surface area contributed by atoms with Crippen molar-refractivity contribution in [2.45, 2.75) is 18.4 Å². The molecule has 0 amide bonds. The van der Waals surface area contributed by atoms with Crippen LogP contribution in [-0.4, -0.2) is 4.98 Å². The highest BCUT2D eigenvalue weighted by molar-refractivity contribution is 6.34. The fourth-order valence-corrected chi connectivity index (χ4v) is 1.76. The van der Waals surface area contributed by atoms with E-state index in [0.717, 1.165) is 12.8 Å². The van der Waals surface area contributed by atoms with Crippen molar-refractivity contribution >= 4 is 22.7 Å². The van der Waals surface area contributed by atoms with Crippen molar-refractivity contribution in [1.82, 2.24) is 4.98 Å². The molecule has 1 aromatic heterocycles. The van der Waals surface area contributed by atoms with Crippen LogP contribution >= 0.6 is 11.6 Å². The van der Waals surface area contributed by atoms with Crippen LogP contribution in [0.3, 0.4) is 0 Å². The van der Waals surface area contributed by atoms with Crippen LogP contribution in [0.2, 0.25) is 5.02 Å². The van der Waals surface area contributed by atoms with Crippen molar-refractivity contribution in [1.29, 1.82) is 0 Å². The Morgan fingerprint density at radius 2 is 2.20 bits per heavy atom. The lowest BCUT2D eigenvalue weighted by atomic mass is 10.3. The van der Waals surface area contributed by atoms with E-state index in [9.17, 15) is 4.39 Å². The van der Waals surface area contributed by atoms with Gasteiger partial charge in [-0.25, -0.2) is 9.37 Å². The molecule has 0 atom stereocenters. The minimum Gasteiger partial charge on any atom is -0.437 e. The van der Waals surface area contributed by atoms with Gasteiger partial charge < -0.3 is 10.2 Å². The highest BCUT2D eigenvalue weighted by Gasteiger charge is 2.45. The molecular formula is C10H8ClFN2O. The maximum absolute atomic E-state index is 13.0. The summed E-state index contributed by atoms with van der Waals surface area (Å²) < 4.78 is 18.5. The highest BCUT2D eigenvalue weighted by atomic mass is 35.5. The van der Waals surface area contributed by atoms with E-state index in [1.807, 2.05) is 0 Å². The first kappa shape index (κ1) is 9.12. The number of rotatable bonds is 1. The summed E-state index contributed by atoms with van der Waals surface area (Å²) >= 11 is 5.83. The first-order chi connectivity index (χ1) is 7.08. The predicted molar refractivity (Wildman–Crippen MR) is 54.1 cm³/mol. The summed E-state index contributed by atoms with van der Waals surface area (Å²) in [6.45, 7) is 0. The fourth-order valence-electron chi connectivity index (χ4n) is 1.52. The van der Waals surface area contributed by atoms with Crippen LogP contribution in [0.15, 0.2) is 16.5 Å². The Morgan fingerprint density at radius 3 is 2.87 bits per heavy atom. The van der Waals surface area contributed by atoms with Crippen molar-refractivity contribution < 1.29 is 8.81 Å². The molecule has 5 heteroatoms. The normalized spacial score (nSPS) is 18.3. The summed E-state index contributed by atoms with van der Waals surface area (Å²) in [7, 11) is 0. The molecule has 1 aliphatic rings. The lowest BCUT2D eigenvalue weighted by Crippen LogP contribution is -2.18. The van der Waals surface area contributed by atoms with Crippen LogP contribution in [0.4, 0.5) is 4.39 Å². The Balaban J connectivity index is 2.25. The monoisotopic (exact) mass is 226 g/mol. The standard InChI is InChI=1S/C10H8ClFN2O/c11-6-3-5(12)4-7-8(6)15-9(14-7)10(13)1-2-10/h3-4H,1-2,13H2. The molecule has 1 heterocycles. The summed E-state index contributed by atoms with van der Waals surface area (Å²) in [4.78, 5) is 4.15. The smallest absolute Gasteiger partial charge is 0.215 e. The second kappa shape index (κ2) is 2.71. The lowest BCUT2D eigenvalue weighted by molar-refractivity contribution is 0.465.